The number of aryl methyl sites for hydroxylation is 2. The molecule has 0 radical (unpaired) electrons. The summed E-state index contributed by atoms with van der Waals surface area (Å²) in [7, 11) is 0. The topological polar surface area (TPSA) is 46.9 Å². The van der Waals surface area contributed by atoms with Crippen LogP contribution in [-0.2, 0) is 6.54 Å². The highest BCUT2D eigenvalue weighted by molar-refractivity contribution is 5.06. The molecule has 0 spiro atoms. The van der Waals surface area contributed by atoms with Gasteiger partial charge in [0.25, 0.3) is 0 Å². The van der Waals surface area contributed by atoms with Crippen molar-refractivity contribution in [1.29, 1.82) is 0 Å². The van der Waals surface area contributed by atoms with Gasteiger partial charge in [0, 0.05) is 24.5 Å². The molecule has 0 amide bonds. The van der Waals surface area contributed by atoms with E-state index in [-0.39, 0.29) is 5.69 Å². The maximum atomic E-state index is 11.7. The van der Waals surface area contributed by atoms with Crippen LogP contribution in [0.15, 0.2) is 10.9 Å². The molecule has 1 aromatic rings. The molecule has 0 saturated heterocycles. The number of nitrogens with zero attached hydrogens (tertiary/aromatic N) is 2. The summed E-state index contributed by atoms with van der Waals surface area (Å²) in [6.45, 7) is 13.0. The van der Waals surface area contributed by atoms with E-state index < -0.39 is 0 Å². The summed E-state index contributed by atoms with van der Waals surface area (Å²) in [5.41, 5.74) is 1.97. The highest BCUT2D eigenvalue weighted by Crippen LogP contribution is 2.16. The monoisotopic (exact) mass is 251 g/mol. The van der Waals surface area contributed by atoms with E-state index in [1.807, 2.05) is 19.9 Å². The zero-order valence-corrected chi connectivity index (χ0v) is 12.2. The quantitative estimate of drug-likeness (QED) is 0.813. The number of hydrogen-bond donors (Lipinski definition) is 1. The van der Waals surface area contributed by atoms with Crippen molar-refractivity contribution in [3.05, 3.63) is 27.9 Å². The van der Waals surface area contributed by atoms with Gasteiger partial charge in [-0.1, -0.05) is 20.8 Å². The summed E-state index contributed by atoms with van der Waals surface area (Å²) in [4.78, 5) is 15.7. The van der Waals surface area contributed by atoms with Gasteiger partial charge in [-0.05, 0) is 38.3 Å². The van der Waals surface area contributed by atoms with Crippen LogP contribution in [0.3, 0.4) is 0 Å². The van der Waals surface area contributed by atoms with E-state index >= 15 is 0 Å². The third-order valence-electron chi connectivity index (χ3n) is 2.91. The van der Waals surface area contributed by atoms with Gasteiger partial charge in [-0.15, -0.1) is 0 Å². The van der Waals surface area contributed by atoms with Gasteiger partial charge < -0.3 is 5.32 Å². The molecule has 0 unspecified atom stereocenters. The molecular formula is C14H25N3O. The average molecular weight is 251 g/mol. The summed E-state index contributed by atoms with van der Waals surface area (Å²) in [5.74, 6) is 0. The van der Waals surface area contributed by atoms with Gasteiger partial charge in [0.15, 0.2) is 0 Å². The van der Waals surface area contributed by atoms with Crippen molar-refractivity contribution >= 4 is 0 Å². The second-order valence-corrected chi connectivity index (χ2v) is 6.03. The predicted molar refractivity (Wildman–Crippen MR) is 74.9 cm³/mol. The molecule has 102 valence electrons. The average Bonchev–Trinajstić information content (AvgIpc) is 2.19. The Kier molecular flexibility index (Phi) is 5.08. The Hall–Kier alpha value is -1.16. The predicted octanol–water partition coefficient (Wildman–Crippen LogP) is 1.89. The minimum Gasteiger partial charge on any atom is -0.315 e. The van der Waals surface area contributed by atoms with E-state index in [2.05, 4.69) is 31.1 Å². The van der Waals surface area contributed by atoms with E-state index in [1.54, 1.807) is 4.57 Å². The lowest BCUT2D eigenvalue weighted by atomic mass is 9.92. The minimum atomic E-state index is -0.148. The van der Waals surface area contributed by atoms with Crippen LogP contribution in [0.1, 0.15) is 38.6 Å². The smallest absolute Gasteiger partial charge is 0.315 e. The molecule has 4 heteroatoms. The van der Waals surface area contributed by atoms with Crippen molar-refractivity contribution in [3.63, 3.8) is 0 Å². The van der Waals surface area contributed by atoms with Gasteiger partial charge >= 0.3 is 5.69 Å². The normalized spacial score (nSPS) is 11.8. The molecule has 4 nitrogen and oxygen atoms in total. The third kappa shape index (κ3) is 5.00. The first-order valence-electron chi connectivity index (χ1n) is 6.55. The first-order valence-corrected chi connectivity index (χ1v) is 6.55. The van der Waals surface area contributed by atoms with Gasteiger partial charge in [0.1, 0.15) is 0 Å². The number of rotatable bonds is 5. The van der Waals surface area contributed by atoms with Crippen LogP contribution in [0.25, 0.3) is 0 Å². The fraction of sp³-hybridized carbons (Fsp3) is 0.714. The van der Waals surface area contributed by atoms with Gasteiger partial charge in [-0.3, -0.25) is 4.57 Å². The summed E-state index contributed by atoms with van der Waals surface area (Å²) >= 11 is 0. The first-order chi connectivity index (χ1) is 8.29. The Bertz CT molecular complexity index is 443. The summed E-state index contributed by atoms with van der Waals surface area (Å²) < 4.78 is 1.72. The van der Waals surface area contributed by atoms with Crippen LogP contribution in [0.5, 0.6) is 0 Å². The van der Waals surface area contributed by atoms with Crippen molar-refractivity contribution in [2.75, 3.05) is 13.1 Å². The van der Waals surface area contributed by atoms with Crippen LogP contribution in [0, 0.1) is 19.3 Å². The Morgan fingerprint density at radius 3 is 2.50 bits per heavy atom. The highest BCUT2D eigenvalue weighted by atomic mass is 16.1. The molecule has 0 saturated carbocycles. The zero-order chi connectivity index (χ0) is 13.8. The standard InChI is InChI=1S/C14H25N3O/c1-11-10-12(2)17(13(18)16-11)9-8-15-7-6-14(3,4)5/h10,15H,6-9H2,1-5H3. The maximum absolute atomic E-state index is 11.7. The summed E-state index contributed by atoms with van der Waals surface area (Å²) in [5, 5.41) is 3.37. The van der Waals surface area contributed by atoms with Crippen molar-refractivity contribution < 1.29 is 0 Å². The molecule has 1 heterocycles. The van der Waals surface area contributed by atoms with Gasteiger partial charge in [0.05, 0.1) is 0 Å². The number of nitrogens with one attached hydrogen (secondary N) is 1. The highest BCUT2D eigenvalue weighted by Gasteiger charge is 2.08. The molecular weight excluding hydrogens is 226 g/mol. The molecule has 0 aromatic carbocycles. The lowest BCUT2D eigenvalue weighted by molar-refractivity contribution is 0.364. The van der Waals surface area contributed by atoms with Gasteiger partial charge in [-0.2, -0.15) is 4.98 Å². The molecule has 0 aliphatic heterocycles. The number of hydrogen-bond acceptors (Lipinski definition) is 3. The minimum absolute atomic E-state index is 0.148. The van der Waals surface area contributed by atoms with Crippen LogP contribution in [-0.4, -0.2) is 22.6 Å². The van der Waals surface area contributed by atoms with Crippen molar-refractivity contribution in [2.24, 2.45) is 5.41 Å². The lowest BCUT2D eigenvalue weighted by Crippen LogP contribution is -2.31. The van der Waals surface area contributed by atoms with Crippen molar-refractivity contribution in [3.8, 4) is 0 Å². The summed E-state index contributed by atoms with van der Waals surface area (Å²) in [6, 6.07) is 1.94. The Morgan fingerprint density at radius 1 is 1.28 bits per heavy atom. The maximum Gasteiger partial charge on any atom is 0.347 e. The fourth-order valence-corrected chi connectivity index (χ4v) is 1.83. The van der Waals surface area contributed by atoms with E-state index in [4.69, 9.17) is 0 Å². The molecule has 1 rings (SSSR count). The fourth-order valence-electron chi connectivity index (χ4n) is 1.83. The Labute approximate surface area is 109 Å². The van der Waals surface area contributed by atoms with Crippen molar-refractivity contribution in [2.45, 2.75) is 47.6 Å². The first kappa shape index (κ1) is 14.9. The second kappa shape index (κ2) is 6.14. The van der Waals surface area contributed by atoms with Gasteiger partial charge in [0.2, 0.25) is 0 Å². The third-order valence-corrected chi connectivity index (χ3v) is 2.91. The van der Waals surface area contributed by atoms with Gasteiger partial charge in [-0.25, -0.2) is 4.79 Å². The molecule has 1 aromatic heterocycles. The molecule has 0 aliphatic carbocycles. The van der Waals surface area contributed by atoms with Crippen LogP contribution < -0.4 is 11.0 Å². The lowest BCUT2D eigenvalue weighted by Gasteiger charge is -2.18. The van der Waals surface area contributed by atoms with Crippen molar-refractivity contribution in [1.82, 2.24) is 14.9 Å². The molecule has 0 bridgehead atoms. The Morgan fingerprint density at radius 2 is 1.94 bits per heavy atom. The molecule has 0 fully saturated rings. The van der Waals surface area contributed by atoms with E-state index in [0.717, 1.165) is 30.9 Å². The largest absolute Gasteiger partial charge is 0.347 e. The second-order valence-electron chi connectivity index (χ2n) is 6.03. The van der Waals surface area contributed by atoms with Crippen LogP contribution in [0.4, 0.5) is 0 Å². The molecule has 1 N–H and O–H groups in total. The van der Waals surface area contributed by atoms with E-state index in [1.165, 1.54) is 0 Å². The summed E-state index contributed by atoms with van der Waals surface area (Å²) in [6.07, 6.45) is 1.13. The molecule has 0 atom stereocenters. The number of aromatic nitrogens is 2. The van der Waals surface area contributed by atoms with Crippen LogP contribution in [0.2, 0.25) is 0 Å². The zero-order valence-electron chi connectivity index (χ0n) is 12.2. The van der Waals surface area contributed by atoms with E-state index in [9.17, 15) is 4.79 Å². The van der Waals surface area contributed by atoms with Crippen LogP contribution >= 0.6 is 0 Å². The SMILES string of the molecule is Cc1cc(C)n(CCNCCC(C)(C)C)c(=O)n1. The molecule has 18 heavy (non-hydrogen) atoms. The van der Waals surface area contributed by atoms with E-state index in [0.29, 0.717) is 12.0 Å². The Balaban J connectivity index is 2.43. The molecule has 0 aliphatic rings.